The number of amides is 2. The summed E-state index contributed by atoms with van der Waals surface area (Å²) in [5, 5.41) is 2.76. The van der Waals surface area contributed by atoms with Crippen LogP contribution in [-0.2, 0) is 9.59 Å². The summed E-state index contributed by atoms with van der Waals surface area (Å²) in [7, 11) is 0. The van der Waals surface area contributed by atoms with E-state index in [2.05, 4.69) is 10.2 Å². The Labute approximate surface area is 142 Å². The number of benzene rings is 1. The first-order valence-corrected chi connectivity index (χ1v) is 8.72. The van der Waals surface area contributed by atoms with Crippen molar-refractivity contribution in [1.29, 1.82) is 0 Å². The summed E-state index contributed by atoms with van der Waals surface area (Å²) in [6.45, 7) is 4.50. The van der Waals surface area contributed by atoms with Crippen LogP contribution in [0, 0.1) is 0 Å². The first-order chi connectivity index (χ1) is 11.7. The van der Waals surface area contributed by atoms with Gasteiger partial charge < -0.3 is 15.0 Å². The molecule has 0 spiro atoms. The van der Waals surface area contributed by atoms with Crippen molar-refractivity contribution in [3.8, 4) is 5.75 Å². The lowest BCUT2D eigenvalue weighted by atomic mass is 10.3. The van der Waals surface area contributed by atoms with E-state index in [1.807, 2.05) is 30.3 Å². The van der Waals surface area contributed by atoms with Crippen molar-refractivity contribution < 1.29 is 14.3 Å². The number of hydrogen-bond donors (Lipinski definition) is 1. The fourth-order valence-corrected chi connectivity index (χ4v) is 2.79. The number of rotatable bonds is 6. The van der Waals surface area contributed by atoms with Crippen LogP contribution in [0.1, 0.15) is 19.3 Å². The molecule has 2 aliphatic rings. The number of piperazine rings is 1. The first-order valence-electron chi connectivity index (χ1n) is 8.72. The number of ether oxygens (including phenoxy) is 1. The van der Waals surface area contributed by atoms with Crippen LogP contribution in [0.2, 0.25) is 0 Å². The van der Waals surface area contributed by atoms with Gasteiger partial charge in [0.05, 0.1) is 6.61 Å². The summed E-state index contributed by atoms with van der Waals surface area (Å²) in [4.78, 5) is 27.8. The number of nitrogens with zero attached hydrogens (tertiary/aromatic N) is 2. The van der Waals surface area contributed by atoms with Gasteiger partial charge in [-0.3, -0.25) is 14.5 Å². The number of carbonyl (C=O) groups excluding carboxylic acids is 2. The number of nitrogens with one attached hydrogen (secondary N) is 1. The third-order valence-electron chi connectivity index (χ3n) is 4.40. The van der Waals surface area contributed by atoms with Gasteiger partial charge >= 0.3 is 11.8 Å². The molecule has 6 nitrogen and oxygen atoms in total. The van der Waals surface area contributed by atoms with E-state index in [0.29, 0.717) is 19.7 Å². The summed E-state index contributed by atoms with van der Waals surface area (Å²) in [6, 6.07) is 10.0. The Hall–Kier alpha value is -2.08. The number of carbonyl (C=O) groups is 2. The van der Waals surface area contributed by atoms with E-state index in [4.69, 9.17) is 4.74 Å². The third kappa shape index (κ3) is 4.96. The Morgan fingerprint density at radius 2 is 1.79 bits per heavy atom. The van der Waals surface area contributed by atoms with Crippen molar-refractivity contribution in [2.24, 2.45) is 0 Å². The molecule has 6 heteroatoms. The summed E-state index contributed by atoms with van der Waals surface area (Å²) in [6.07, 6.45) is 2.95. The lowest BCUT2D eigenvalue weighted by Crippen LogP contribution is -2.53. The largest absolute Gasteiger partial charge is 0.494 e. The minimum absolute atomic E-state index is 0.229. The Morgan fingerprint density at radius 1 is 1.08 bits per heavy atom. The molecule has 0 aromatic heterocycles. The van der Waals surface area contributed by atoms with Crippen molar-refractivity contribution in [1.82, 2.24) is 15.1 Å². The quantitative estimate of drug-likeness (QED) is 0.621. The predicted octanol–water partition coefficient (Wildman–Crippen LogP) is 0.878. The van der Waals surface area contributed by atoms with Gasteiger partial charge in [-0.15, -0.1) is 0 Å². The molecule has 3 rings (SSSR count). The van der Waals surface area contributed by atoms with Crippen LogP contribution >= 0.6 is 0 Å². The molecule has 1 saturated carbocycles. The monoisotopic (exact) mass is 331 g/mol. The van der Waals surface area contributed by atoms with Crippen LogP contribution < -0.4 is 10.1 Å². The van der Waals surface area contributed by atoms with Gasteiger partial charge in [-0.05, 0) is 31.4 Å². The normalized spacial score (nSPS) is 18.2. The first kappa shape index (κ1) is 16.8. The molecule has 1 N–H and O–H groups in total. The zero-order valence-electron chi connectivity index (χ0n) is 13.9. The second-order valence-electron chi connectivity index (χ2n) is 6.40. The molecule has 1 heterocycles. The second kappa shape index (κ2) is 8.15. The zero-order valence-corrected chi connectivity index (χ0v) is 13.9. The van der Waals surface area contributed by atoms with Gasteiger partial charge in [0.2, 0.25) is 0 Å². The zero-order chi connectivity index (χ0) is 16.8. The van der Waals surface area contributed by atoms with E-state index in [1.54, 1.807) is 4.90 Å². The average molecular weight is 331 g/mol. The van der Waals surface area contributed by atoms with Gasteiger partial charge in [-0.25, -0.2) is 0 Å². The fraction of sp³-hybridized carbons (Fsp3) is 0.556. The smallest absolute Gasteiger partial charge is 0.311 e. The molecule has 24 heavy (non-hydrogen) atoms. The van der Waals surface area contributed by atoms with Gasteiger partial charge in [-0.2, -0.15) is 0 Å². The highest BCUT2D eigenvalue weighted by atomic mass is 16.5. The standard InChI is InChI=1S/C18H25N3O3/c22-17(19-15-7-8-15)18(23)21-12-10-20(11-13-21)9-4-14-24-16-5-2-1-3-6-16/h1-3,5-6,15H,4,7-14H2,(H,19,22). The molecular formula is C18H25N3O3. The van der Waals surface area contributed by atoms with E-state index in [1.165, 1.54) is 0 Å². The minimum atomic E-state index is -0.442. The topological polar surface area (TPSA) is 61.9 Å². The maximum atomic E-state index is 12.1. The number of hydrogen-bond acceptors (Lipinski definition) is 4. The fourth-order valence-electron chi connectivity index (χ4n) is 2.79. The van der Waals surface area contributed by atoms with Crippen molar-refractivity contribution in [3.05, 3.63) is 30.3 Å². The second-order valence-corrected chi connectivity index (χ2v) is 6.40. The highest BCUT2D eigenvalue weighted by Crippen LogP contribution is 2.18. The van der Waals surface area contributed by atoms with Crippen LogP contribution in [0.15, 0.2) is 30.3 Å². The molecule has 130 valence electrons. The maximum Gasteiger partial charge on any atom is 0.311 e. The molecule has 0 unspecified atom stereocenters. The van der Waals surface area contributed by atoms with Crippen molar-refractivity contribution in [3.63, 3.8) is 0 Å². The van der Waals surface area contributed by atoms with Gasteiger partial charge in [0, 0.05) is 38.8 Å². The van der Waals surface area contributed by atoms with Gasteiger partial charge in [0.1, 0.15) is 5.75 Å². The molecule has 1 aliphatic carbocycles. The van der Waals surface area contributed by atoms with Gasteiger partial charge in [0.25, 0.3) is 0 Å². The molecule has 2 amide bonds. The highest BCUT2D eigenvalue weighted by Gasteiger charge is 2.30. The Kier molecular flexibility index (Phi) is 5.69. The van der Waals surface area contributed by atoms with Crippen LogP contribution in [0.3, 0.4) is 0 Å². The average Bonchev–Trinajstić information content (AvgIpc) is 3.43. The molecule has 1 saturated heterocycles. The van der Waals surface area contributed by atoms with E-state index < -0.39 is 5.91 Å². The van der Waals surface area contributed by atoms with Gasteiger partial charge in [-0.1, -0.05) is 18.2 Å². The molecular weight excluding hydrogens is 306 g/mol. The Morgan fingerprint density at radius 3 is 2.46 bits per heavy atom. The summed E-state index contributed by atoms with van der Waals surface area (Å²) in [5.41, 5.74) is 0. The third-order valence-corrected chi connectivity index (χ3v) is 4.40. The Balaban J connectivity index is 1.30. The SMILES string of the molecule is O=C(NC1CC1)C(=O)N1CCN(CCCOc2ccccc2)CC1. The summed E-state index contributed by atoms with van der Waals surface area (Å²) < 4.78 is 5.69. The van der Waals surface area contributed by atoms with Crippen molar-refractivity contribution in [2.75, 3.05) is 39.3 Å². The molecule has 1 aromatic rings. The van der Waals surface area contributed by atoms with Crippen LogP contribution in [0.4, 0.5) is 0 Å². The van der Waals surface area contributed by atoms with Crippen LogP contribution in [0.5, 0.6) is 5.75 Å². The number of para-hydroxylation sites is 1. The van der Waals surface area contributed by atoms with E-state index >= 15 is 0 Å². The summed E-state index contributed by atoms with van der Waals surface area (Å²) >= 11 is 0. The highest BCUT2D eigenvalue weighted by molar-refractivity contribution is 6.35. The van der Waals surface area contributed by atoms with Crippen molar-refractivity contribution >= 4 is 11.8 Å². The van der Waals surface area contributed by atoms with E-state index in [9.17, 15) is 9.59 Å². The molecule has 0 atom stereocenters. The molecule has 0 bridgehead atoms. The molecule has 1 aromatic carbocycles. The van der Waals surface area contributed by atoms with Crippen molar-refractivity contribution in [2.45, 2.75) is 25.3 Å². The summed E-state index contributed by atoms with van der Waals surface area (Å²) in [5.74, 6) is 0.0748. The lowest BCUT2D eigenvalue weighted by molar-refractivity contribution is -0.147. The lowest BCUT2D eigenvalue weighted by Gasteiger charge is -2.34. The van der Waals surface area contributed by atoms with E-state index in [-0.39, 0.29) is 11.9 Å². The van der Waals surface area contributed by atoms with E-state index in [0.717, 1.165) is 44.6 Å². The van der Waals surface area contributed by atoms with Crippen LogP contribution in [0.25, 0.3) is 0 Å². The molecule has 2 fully saturated rings. The Bertz CT molecular complexity index is 552. The molecule has 0 radical (unpaired) electrons. The van der Waals surface area contributed by atoms with Gasteiger partial charge in [0.15, 0.2) is 0 Å². The predicted molar refractivity (Wildman–Crippen MR) is 90.7 cm³/mol. The van der Waals surface area contributed by atoms with Crippen LogP contribution in [-0.4, -0.2) is 67.0 Å². The maximum absolute atomic E-state index is 12.1. The minimum Gasteiger partial charge on any atom is -0.494 e. The molecule has 1 aliphatic heterocycles.